The van der Waals surface area contributed by atoms with Crippen molar-refractivity contribution in [3.05, 3.63) is 89.0 Å². The normalized spacial score (nSPS) is 15.4. The van der Waals surface area contributed by atoms with Gasteiger partial charge in [-0.3, -0.25) is 20.9 Å². The number of hydrogen-bond donors (Lipinski definition) is 4. The maximum absolute atomic E-state index is 12.9. The molecule has 5 N–H and O–H groups in total. The van der Waals surface area contributed by atoms with Crippen LogP contribution >= 0.6 is 11.8 Å². The number of quaternary nitrogens is 1. The molecule has 1 fully saturated rings. The fraction of sp³-hybridized carbons (Fsp3) is 0.368. The van der Waals surface area contributed by atoms with Gasteiger partial charge in [-0.15, -0.1) is 13.2 Å². The highest BCUT2D eigenvalue weighted by molar-refractivity contribution is 8.14. The Hall–Kier alpha value is -5.22. The van der Waals surface area contributed by atoms with Crippen LogP contribution < -0.4 is 20.8 Å². The molecule has 1 atom stereocenters. The molecule has 0 spiro atoms. The van der Waals surface area contributed by atoms with Crippen molar-refractivity contribution in [2.75, 3.05) is 25.4 Å². The number of nitrogens with one attached hydrogen (secondary N) is 3. The van der Waals surface area contributed by atoms with Gasteiger partial charge in [-0.2, -0.15) is 10.1 Å². The Morgan fingerprint density at radius 1 is 1.04 bits per heavy atom. The van der Waals surface area contributed by atoms with E-state index in [1.54, 1.807) is 40.7 Å². The van der Waals surface area contributed by atoms with Crippen LogP contribution in [-0.4, -0.2) is 77.8 Å². The number of nitrogens with zero attached hydrogens (tertiary/aromatic N) is 4. The molecule has 288 valence electrons. The average molecular weight is 768 g/mol. The molecule has 54 heavy (non-hydrogen) atoms. The Kier molecular flexibility index (Phi) is 14.8. The number of benzene rings is 3. The third-order valence-electron chi connectivity index (χ3n) is 7.89. The highest BCUT2D eigenvalue weighted by atomic mass is 32.2. The smallest absolute Gasteiger partial charge is 0.444 e. The number of aliphatic imine (C=N–C) groups is 2. The first kappa shape index (κ1) is 41.5. The highest BCUT2D eigenvalue weighted by Gasteiger charge is 2.31. The second kappa shape index (κ2) is 19.2. The van der Waals surface area contributed by atoms with E-state index in [1.807, 2.05) is 52.8 Å². The van der Waals surface area contributed by atoms with Gasteiger partial charge < -0.3 is 19.7 Å². The molecular formula is C38H46F3N8O4S+. The summed E-state index contributed by atoms with van der Waals surface area (Å²) in [5.74, 6) is -0.271. The van der Waals surface area contributed by atoms with Crippen molar-refractivity contribution in [3.8, 4) is 5.75 Å². The van der Waals surface area contributed by atoms with Gasteiger partial charge in [-0.05, 0) is 82.2 Å². The van der Waals surface area contributed by atoms with Gasteiger partial charge in [0, 0.05) is 37.3 Å². The lowest BCUT2D eigenvalue weighted by atomic mass is 9.98. The van der Waals surface area contributed by atoms with E-state index in [0.717, 1.165) is 35.2 Å². The van der Waals surface area contributed by atoms with E-state index in [9.17, 15) is 22.8 Å². The van der Waals surface area contributed by atoms with Crippen LogP contribution in [0.25, 0.3) is 0 Å². The van der Waals surface area contributed by atoms with Gasteiger partial charge in [-0.25, -0.2) is 9.79 Å². The predicted molar refractivity (Wildman–Crippen MR) is 206 cm³/mol. The summed E-state index contributed by atoms with van der Waals surface area (Å²) in [6.45, 7) is 11.1. The lowest BCUT2D eigenvalue weighted by Crippen LogP contribution is -2.76. The Labute approximate surface area is 317 Å². The average Bonchev–Trinajstić information content (AvgIpc) is 3.10. The predicted octanol–water partition coefficient (Wildman–Crippen LogP) is 6.56. The number of alkyl halides is 3. The molecule has 3 aromatic carbocycles. The third kappa shape index (κ3) is 14.3. The molecule has 0 radical (unpaired) electrons. The van der Waals surface area contributed by atoms with Crippen molar-refractivity contribution in [3.63, 3.8) is 0 Å². The maximum atomic E-state index is 12.9. The SMILES string of the molecule is Cc1cccc(C)c1N=C(N/N=C/c1ccc(C(=N)N=C[NH2+]c2ccc(OC(F)(F)F)cc2)cc1)SCC(=O)NC[C@@H]1CCCN(C(=O)OC(C)(C)C)C1. The fourth-order valence-corrected chi connectivity index (χ4v) is 5.93. The van der Waals surface area contributed by atoms with Crippen LogP contribution in [0.3, 0.4) is 0 Å². The first-order valence-corrected chi connectivity index (χ1v) is 18.3. The van der Waals surface area contributed by atoms with Crippen LogP contribution in [-0.2, 0) is 9.53 Å². The summed E-state index contributed by atoms with van der Waals surface area (Å²) in [5, 5.41) is 17.6. The minimum atomic E-state index is -4.76. The second-order valence-electron chi connectivity index (χ2n) is 13.6. The van der Waals surface area contributed by atoms with Crippen molar-refractivity contribution >= 4 is 58.7 Å². The number of ether oxygens (including phenoxy) is 2. The number of nitrogens with two attached hydrogens (primary N) is 1. The second-order valence-corrected chi connectivity index (χ2v) is 14.6. The van der Waals surface area contributed by atoms with Crippen LogP contribution in [0.15, 0.2) is 81.8 Å². The van der Waals surface area contributed by atoms with Crippen LogP contribution in [0.4, 0.5) is 29.3 Å². The molecule has 4 rings (SSSR count). The number of amidine groups is 2. The molecular weight excluding hydrogens is 722 g/mol. The standard InChI is InChI=1S/C38H45F3N8O4S/c1-25-8-6-9-26(2)33(25)47-35(54-23-32(50)43-20-28-10-7-19-49(22-28)36(51)53-37(3,4)5)48-46-21-27-11-13-29(14-12-27)34(42)45-24-44-30-15-17-31(18-16-30)52-38(39,40)41/h6,8-9,11-18,21,24,28H,7,10,19-20,22-23H2,1-5H3,(H,43,50)(H,47,48)(H2,42,44,45)/p+1/b46-21+/t28-/m0/s1. The topological polar surface area (TPSA) is 157 Å². The molecule has 1 heterocycles. The summed E-state index contributed by atoms with van der Waals surface area (Å²) in [4.78, 5) is 36.1. The van der Waals surface area contributed by atoms with E-state index in [0.29, 0.717) is 36.1 Å². The quantitative estimate of drug-likeness (QED) is 0.0750. The monoisotopic (exact) mass is 767 g/mol. The first-order valence-electron chi connectivity index (χ1n) is 17.3. The number of carbonyl (C=O) groups excluding carboxylic acids is 2. The fourth-order valence-electron chi connectivity index (χ4n) is 5.28. The van der Waals surface area contributed by atoms with Gasteiger partial charge in [0.05, 0.1) is 17.7 Å². The zero-order valence-electron chi connectivity index (χ0n) is 30.9. The number of amides is 2. The van der Waals surface area contributed by atoms with Gasteiger partial charge in [0.15, 0.2) is 17.3 Å². The van der Waals surface area contributed by atoms with Crippen LogP contribution in [0.2, 0.25) is 0 Å². The number of hydrogen-bond acceptors (Lipinski definition) is 8. The summed E-state index contributed by atoms with van der Waals surface area (Å²) in [6, 6.07) is 18.2. The first-order chi connectivity index (χ1) is 25.5. The summed E-state index contributed by atoms with van der Waals surface area (Å²) in [5.41, 5.74) is 7.00. The van der Waals surface area contributed by atoms with Gasteiger partial charge in [0.2, 0.25) is 5.91 Å². The van der Waals surface area contributed by atoms with E-state index in [-0.39, 0.29) is 35.3 Å². The molecule has 1 aliphatic rings. The van der Waals surface area contributed by atoms with Crippen molar-refractivity contribution in [1.82, 2.24) is 15.6 Å². The Morgan fingerprint density at radius 3 is 2.37 bits per heavy atom. The van der Waals surface area contributed by atoms with Crippen molar-refractivity contribution in [2.24, 2.45) is 21.0 Å². The molecule has 0 bridgehead atoms. The largest absolute Gasteiger partial charge is 0.573 e. The number of halogens is 3. The summed E-state index contributed by atoms with van der Waals surface area (Å²) >= 11 is 1.22. The maximum Gasteiger partial charge on any atom is 0.573 e. The number of piperidine rings is 1. The van der Waals surface area contributed by atoms with E-state index >= 15 is 0 Å². The third-order valence-corrected chi connectivity index (χ3v) is 8.76. The molecule has 0 aliphatic carbocycles. The zero-order chi connectivity index (χ0) is 39.3. The lowest BCUT2D eigenvalue weighted by Gasteiger charge is -2.34. The highest BCUT2D eigenvalue weighted by Crippen LogP contribution is 2.25. The molecule has 12 nitrogen and oxygen atoms in total. The molecule has 3 aromatic rings. The van der Waals surface area contributed by atoms with E-state index in [1.165, 1.54) is 42.4 Å². The van der Waals surface area contributed by atoms with Gasteiger partial charge >= 0.3 is 12.5 Å². The van der Waals surface area contributed by atoms with E-state index in [4.69, 9.17) is 15.1 Å². The molecule has 1 saturated heterocycles. The van der Waals surface area contributed by atoms with Gasteiger partial charge in [0.1, 0.15) is 17.0 Å². The van der Waals surface area contributed by atoms with Gasteiger partial charge in [0.25, 0.3) is 0 Å². The number of rotatable bonds is 11. The molecule has 0 unspecified atom stereocenters. The lowest BCUT2D eigenvalue weighted by molar-refractivity contribution is -0.432. The van der Waals surface area contributed by atoms with Crippen molar-refractivity contribution in [1.29, 1.82) is 5.41 Å². The number of aryl methyl sites for hydroxylation is 2. The molecule has 0 aromatic heterocycles. The minimum absolute atomic E-state index is 0.00793. The number of carbonyl (C=O) groups is 2. The minimum Gasteiger partial charge on any atom is -0.444 e. The number of likely N-dealkylation sites (tertiary alicyclic amines) is 1. The molecule has 2 amide bonds. The number of hydrazone groups is 1. The summed E-state index contributed by atoms with van der Waals surface area (Å²) in [7, 11) is 0. The van der Waals surface area contributed by atoms with E-state index < -0.39 is 12.0 Å². The van der Waals surface area contributed by atoms with Crippen LogP contribution in [0.5, 0.6) is 5.75 Å². The number of para-hydroxylation sites is 1. The summed E-state index contributed by atoms with van der Waals surface area (Å²) in [6.07, 6.45) is -0.361. The van der Waals surface area contributed by atoms with Crippen molar-refractivity contribution in [2.45, 2.75) is 59.4 Å². The number of thioether (sulfide) groups is 1. The Morgan fingerprint density at radius 2 is 1.72 bits per heavy atom. The molecule has 0 saturated carbocycles. The Balaban J connectivity index is 1.31. The zero-order valence-corrected chi connectivity index (χ0v) is 31.7. The van der Waals surface area contributed by atoms with E-state index in [2.05, 4.69) is 25.6 Å². The molecule has 16 heteroatoms. The van der Waals surface area contributed by atoms with Gasteiger partial charge in [-0.1, -0.05) is 54.2 Å². The molecule has 1 aliphatic heterocycles. The van der Waals surface area contributed by atoms with Crippen molar-refractivity contribution < 1.29 is 37.6 Å². The van der Waals surface area contributed by atoms with Crippen LogP contribution in [0.1, 0.15) is 55.9 Å². The summed E-state index contributed by atoms with van der Waals surface area (Å²) < 4.78 is 46.5. The van der Waals surface area contributed by atoms with Crippen LogP contribution in [0, 0.1) is 25.2 Å². The Bertz CT molecular complexity index is 1820.